The number of esters is 1. The number of hydrogen-bond acceptors (Lipinski definition) is 14. The van der Waals surface area contributed by atoms with E-state index in [0.29, 0.717) is 26.9 Å². The molecule has 0 unspecified atom stereocenters. The van der Waals surface area contributed by atoms with E-state index in [1.165, 1.54) is 42.8 Å². The summed E-state index contributed by atoms with van der Waals surface area (Å²) >= 11 is 3.70. The Morgan fingerprint density at radius 2 is 1.50 bits per heavy atom. The molecule has 18 heteroatoms. The standard InChI is InChI=1S/C38H37BrN2O13S2/c1-17-6-10-20(11-7-17)55(45,46)41-24-14-22-26(35(50-5)33(49-4)19(3)27(22)39)30(41)29-36(31(24)42)53-38(44)28(40-29)23-15-25(32(43)37-34(23)51-16-52-37)54-56(47,48)21-12-8-18(2)9-13-21/h6-13,15,24,28-31,36,40,42-43H,14,16H2,1-5H3/t24-,28+,29+,30+,31+,36+/m0/s1. The van der Waals surface area contributed by atoms with Gasteiger partial charge in [0.2, 0.25) is 28.3 Å². The van der Waals surface area contributed by atoms with Crippen molar-refractivity contribution < 1.29 is 59.7 Å². The van der Waals surface area contributed by atoms with Crippen molar-refractivity contribution in [2.45, 2.75) is 73.4 Å². The number of halogens is 1. The summed E-state index contributed by atoms with van der Waals surface area (Å²) in [4.78, 5) is 13.8. The number of piperidine rings is 1. The van der Waals surface area contributed by atoms with E-state index in [1.807, 2.05) is 13.8 Å². The van der Waals surface area contributed by atoms with E-state index >= 15 is 0 Å². The second-order valence-corrected chi connectivity index (χ2v) is 18.2. The van der Waals surface area contributed by atoms with E-state index in [9.17, 15) is 31.8 Å². The fourth-order valence-electron chi connectivity index (χ4n) is 8.06. The molecule has 0 radical (unpaired) electrons. The van der Waals surface area contributed by atoms with Crippen LogP contribution >= 0.6 is 15.9 Å². The zero-order valence-corrected chi connectivity index (χ0v) is 33.8. The molecular formula is C38H37BrN2O13S2. The predicted octanol–water partition coefficient (Wildman–Crippen LogP) is 4.25. The highest BCUT2D eigenvalue weighted by Gasteiger charge is 2.62. The minimum Gasteiger partial charge on any atom is -0.502 e. The van der Waals surface area contributed by atoms with E-state index in [1.54, 1.807) is 31.2 Å². The number of rotatable bonds is 8. The Morgan fingerprint density at radius 1 is 0.893 bits per heavy atom. The summed E-state index contributed by atoms with van der Waals surface area (Å²) in [5.41, 5.74) is 3.38. The summed E-state index contributed by atoms with van der Waals surface area (Å²) in [7, 11) is -5.99. The van der Waals surface area contributed by atoms with E-state index < -0.39 is 74.0 Å². The Labute approximate surface area is 331 Å². The second-order valence-electron chi connectivity index (χ2n) is 14.0. The number of aliphatic hydroxyl groups is 1. The second kappa shape index (κ2) is 13.8. The van der Waals surface area contributed by atoms with Crippen LogP contribution in [0.1, 0.15) is 45.5 Å². The number of ether oxygens (including phenoxy) is 5. The topological polar surface area (TPSA) is 196 Å². The number of phenolic OH excluding ortho intramolecular Hbond substituents is 1. The van der Waals surface area contributed by atoms with Crippen molar-refractivity contribution in [3.63, 3.8) is 0 Å². The lowest BCUT2D eigenvalue weighted by molar-refractivity contribution is -0.184. The average molecular weight is 874 g/mol. The lowest BCUT2D eigenvalue weighted by atomic mass is 9.74. The SMILES string of the molecule is COc1c(C)c(Br)c2c(c1OC)[C@@H]1[C@H]3N[C@H](c4cc(OS(=O)(=O)c5ccc(C)cc5)c(O)c5c4OCO5)C(=O)O[C@H]3[C@H](O)[C@H](C2)N1S(=O)(=O)c1ccc(C)cc1. The van der Waals surface area contributed by atoms with Gasteiger partial charge in [-0.2, -0.15) is 12.7 Å². The van der Waals surface area contributed by atoms with Gasteiger partial charge in [-0.1, -0.05) is 51.3 Å². The lowest BCUT2D eigenvalue weighted by Crippen LogP contribution is -2.72. The van der Waals surface area contributed by atoms with Crippen molar-refractivity contribution >= 4 is 42.0 Å². The number of nitrogens with zero attached hydrogens (tertiary/aromatic N) is 1. The van der Waals surface area contributed by atoms with Crippen LogP contribution in [0.5, 0.6) is 34.5 Å². The third-order valence-electron chi connectivity index (χ3n) is 10.7. The first-order valence-corrected chi connectivity index (χ1v) is 21.1. The first-order valence-electron chi connectivity index (χ1n) is 17.4. The number of carbonyl (C=O) groups excluding carboxylic acids is 1. The van der Waals surface area contributed by atoms with Gasteiger partial charge in [-0.25, -0.2) is 13.2 Å². The molecule has 0 aliphatic carbocycles. The molecule has 8 rings (SSSR count). The Morgan fingerprint density at radius 3 is 2.12 bits per heavy atom. The van der Waals surface area contributed by atoms with Crippen molar-refractivity contribution in [1.82, 2.24) is 9.62 Å². The van der Waals surface area contributed by atoms with Crippen LogP contribution in [0.2, 0.25) is 0 Å². The molecule has 0 spiro atoms. The van der Waals surface area contributed by atoms with Crippen molar-refractivity contribution in [1.29, 1.82) is 0 Å². The van der Waals surface area contributed by atoms with Gasteiger partial charge >= 0.3 is 16.1 Å². The zero-order valence-electron chi connectivity index (χ0n) is 30.6. The van der Waals surface area contributed by atoms with Gasteiger partial charge in [-0.15, -0.1) is 0 Å². The minimum absolute atomic E-state index is 0.0212. The highest BCUT2D eigenvalue weighted by Crippen LogP contribution is 2.57. The van der Waals surface area contributed by atoms with E-state index in [0.717, 1.165) is 17.2 Å². The molecule has 4 aromatic rings. The van der Waals surface area contributed by atoms with Crippen molar-refractivity contribution in [3.05, 3.63) is 92.5 Å². The molecule has 6 atom stereocenters. The van der Waals surface area contributed by atoms with Crippen LogP contribution < -0.4 is 28.4 Å². The number of hydrogen-bond donors (Lipinski definition) is 3. The largest absolute Gasteiger partial charge is 0.502 e. The smallest absolute Gasteiger partial charge is 0.339 e. The number of phenols is 1. The number of nitrogens with one attached hydrogen (secondary N) is 1. The molecule has 4 aromatic carbocycles. The van der Waals surface area contributed by atoms with Gasteiger partial charge in [0.05, 0.1) is 37.2 Å². The summed E-state index contributed by atoms with van der Waals surface area (Å²) in [6.07, 6.45) is -2.77. The molecule has 15 nitrogen and oxygen atoms in total. The molecule has 2 saturated heterocycles. The summed E-state index contributed by atoms with van der Waals surface area (Å²) in [5.74, 6) is -1.95. The number of carbonyl (C=O) groups is 1. The molecule has 4 aliphatic rings. The molecule has 296 valence electrons. The van der Waals surface area contributed by atoms with Crippen molar-refractivity contribution in [2.75, 3.05) is 21.0 Å². The summed E-state index contributed by atoms with van der Waals surface area (Å²) in [6.45, 7) is 5.05. The van der Waals surface area contributed by atoms with Crippen LogP contribution in [0, 0.1) is 20.8 Å². The van der Waals surface area contributed by atoms with Gasteiger partial charge in [0.1, 0.15) is 23.1 Å². The monoisotopic (exact) mass is 872 g/mol. The van der Waals surface area contributed by atoms with Gasteiger partial charge in [-0.3, -0.25) is 5.32 Å². The fraction of sp³-hybridized carbons (Fsp3) is 0.342. The van der Waals surface area contributed by atoms with Gasteiger partial charge in [0.25, 0.3) is 0 Å². The number of aryl methyl sites for hydroxylation is 2. The molecule has 4 heterocycles. The molecule has 0 amide bonds. The first-order chi connectivity index (χ1) is 26.6. The molecular weight excluding hydrogens is 836 g/mol. The number of methoxy groups -OCH3 is 2. The predicted molar refractivity (Wildman–Crippen MR) is 201 cm³/mol. The maximum atomic E-state index is 14.8. The van der Waals surface area contributed by atoms with Crippen LogP contribution in [0.3, 0.4) is 0 Å². The van der Waals surface area contributed by atoms with E-state index in [2.05, 4.69) is 21.2 Å². The quantitative estimate of drug-likeness (QED) is 0.168. The maximum absolute atomic E-state index is 14.8. The number of sulfonamides is 1. The number of benzene rings is 4. The fourth-order valence-corrected chi connectivity index (χ4v) is 11.4. The lowest BCUT2D eigenvalue weighted by Gasteiger charge is -2.56. The third kappa shape index (κ3) is 5.87. The molecule has 0 saturated carbocycles. The zero-order chi connectivity index (χ0) is 40.0. The normalized spacial score (nSPS) is 24.2. The van der Waals surface area contributed by atoms with Gasteiger partial charge in [0.15, 0.2) is 23.0 Å². The third-order valence-corrected chi connectivity index (χ3v) is 15.0. The van der Waals surface area contributed by atoms with Gasteiger partial charge < -0.3 is 38.1 Å². The number of aliphatic hydroxyl groups excluding tert-OH is 1. The summed E-state index contributed by atoms with van der Waals surface area (Å²) < 4.78 is 92.7. The number of morpholine rings is 1. The molecule has 3 N–H and O–H groups in total. The van der Waals surface area contributed by atoms with Crippen LogP contribution in [0.4, 0.5) is 0 Å². The van der Waals surface area contributed by atoms with E-state index in [4.69, 9.17) is 27.9 Å². The Hall–Kier alpha value is -4.59. The van der Waals surface area contributed by atoms with Gasteiger partial charge in [0, 0.05) is 21.2 Å². The molecule has 56 heavy (non-hydrogen) atoms. The molecule has 2 bridgehead atoms. The summed E-state index contributed by atoms with van der Waals surface area (Å²) in [6, 6.07) is 8.37. The highest BCUT2D eigenvalue weighted by atomic mass is 79.9. The summed E-state index contributed by atoms with van der Waals surface area (Å²) in [5, 5.41) is 26.4. The number of aromatic hydroxyl groups is 1. The van der Waals surface area contributed by atoms with Gasteiger partial charge in [-0.05, 0) is 63.1 Å². The average Bonchev–Trinajstić information content (AvgIpc) is 3.67. The van der Waals surface area contributed by atoms with Crippen LogP contribution in [0.25, 0.3) is 0 Å². The molecule has 2 fully saturated rings. The highest BCUT2D eigenvalue weighted by molar-refractivity contribution is 9.10. The van der Waals surface area contributed by atoms with E-state index in [-0.39, 0.29) is 45.8 Å². The minimum atomic E-state index is -4.51. The molecule has 0 aromatic heterocycles. The molecule has 4 aliphatic heterocycles. The maximum Gasteiger partial charge on any atom is 0.339 e. The Bertz CT molecular complexity index is 2500. The van der Waals surface area contributed by atoms with Crippen molar-refractivity contribution in [2.24, 2.45) is 0 Å². The Kier molecular flexibility index (Phi) is 9.44. The van der Waals surface area contributed by atoms with Crippen LogP contribution in [-0.4, -0.2) is 82.6 Å². The Balaban J connectivity index is 1.29. The van der Waals surface area contributed by atoms with Crippen LogP contribution in [-0.2, 0) is 36.1 Å². The first kappa shape index (κ1) is 38.3. The number of fused-ring (bicyclic) bond motifs is 7. The van der Waals surface area contributed by atoms with Crippen LogP contribution in [0.15, 0.2) is 68.9 Å². The van der Waals surface area contributed by atoms with Crippen molar-refractivity contribution in [3.8, 4) is 34.5 Å².